The molecule has 3 aromatic heterocycles. The molecule has 13 nitrogen and oxygen atoms in total. The van der Waals surface area contributed by atoms with Crippen LogP contribution in [0.15, 0.2) is 34.0 Å². The molecular formula is C27H30F2N8O5. The second-order valence-corrected chi connectivity index (χ2v) is 11.9. The van der Waals surface area contributed by atoms with Crippen molar-refractivity contribution in [2.45, 2.75) is 50.0 Å². The van der Waals surface area contributed by atoms with E-state index in [9.17, 15) is 23.2 Å². The minimum Gasteiger partial charge on any atom is -0.381 e. The molecule has 4 fully saturated rings. The molecule has 7 rings (SSSR count). The third kappa shape index (κ3) is 4.59. The lowest BCUT2D eigenvalue weighted by molar-refractivity contribution is -0.147. The monoisotopic (exact) mass is 584 g/mol. The van der Waals surface area contributed by atoms with Crippen molar-refractivity contribution in [3.8, 4) is 0 Å². The van der Waals surface area contributed by atoms with E-state index in [0.29, 0.717) is 30.8 Å². The summed E-state index contributed by atoms with van der Waals surface area (Å²) in [7, 11) is 0. The Labute approximate surface area is 238 Å². The first-order chi connectivity index (χ1) is 20.1. The van der Waals surface area contributed by atoms with Gasteiger partial charge in [-0.15, -0.1) is 0 Å². The van der Waals surface area contributed by atoms with E-state index in [1.165, 1.54) is 11.1 Å². The zero-order valence-corrected chi connectivity index (χ0v) is 22.9. The molecule has 2 amide bonds. The van der Waals surface area contributed by atoms with Crippen molar-refractivity contribution in [2.24, 2.45) is 11.3 Å². The maximum Gasteiger partial charge on any atom is 0.274 e. The van der Waals surface area contributed by atoms with Crippen LogP contribution in [0.1, 0.15) is 72.0 Å². The summed E-state index contributed by atoms with van der Waals surface area (Å²) in [5.74, 6) is -4.56. The molecule has 2 unspecified atom stereocenters. The normalized spacial score (nSPS) is 25.4. The molecule has 0 radical (unpaired) electrons. The number of ether oxygens (including phenoxy) is 1. The largest absolute Gasteiger partial charge is 0.381 e. The summed E-state index contributed by atoms with van der Waals surface area (Å²) in [5, 5.41) is 9.02. The number of hydrogen-bond donors (Lipinski definition) is 1. The SMILES string of the molecule is CC(c1nc(C2CN(C(=O)c3c[nH]c(=O)cn3)CC23CN(C(=O)[C@H]2CC2(F)F)C3)no1)n1ccc(C2CCOCC2)n1. The second kappa shape index (κ2) is 9.78. The number of likely N-dealkylation sites (tertiary alicyclic amines) is 2. The number of carbonyl (C=O) groups is 2. The molecule has 15 heteroatoms. The quantitative estimate of drug-likeness (QED) is 0.455. The standard InChI is InChI=1S/C27H30F2N8O5/c1-15(37-5-2-19(33-37)16-3-6-41-7-4-16)23-32-22(34-42-23)18-11-35(25(40)20-9-31-21(38)10-30-20)12-26(18)13-36(14-26)24(39)17-8-27(17,28)29/h2,5,9-10,15-18H,3-4,6-8,11-14H2,1H3,(H,31,38)/t15?,17-,18?/m1/s1. The van der Waals surface area contributed by atoms with Gasteiger partial charge in [-0.2, -0.15) is 10.1 Å². The van der Waals surface area contributed by atoms with Crippen molar-refractivity contribution in [3.05, 3.63) is 58.1 Å². The number of halogens is 2. The number of nitrogens with zero attached hydrogens (tertiary/aromatic N) is 7. The molecule has 1 N–H and O–H groups in total. The Bertz CT molecular complexity index is 1550. The number of nitrogens with one attached hydrogen (secondary N) is 1. The van der Waals surface area contributed by atoms with Crippen LogP contribution in [0.2, 0.25) is 0 Å². The fourth-order valence-electron chi connectivity index (χ4n) is 6.44. The van der Waals surface area contributed by atoms with E-state index < -0.39 is 47.0 Å². The number of aromatic nitrogens is 6. The average Bonchev–Trinajstić information content (AvgIpc) is 3.47. The highest BCUT2D eigenvalue weighted by Crippen LogP contribution is 2.54. The van der Waals surface area contributed by atoms with Gasteiger partial charge in [0.1, 0.15) is 17.7 Å². The average molecular weight is 585 g/mol. The van der Waals surface area contributed by atoms with Gasteiger partial charge in [0, 0.05) is 69.5 Å². The highest BCUT2D eigenvalue weighted by atomic mass is 19.3. The summed E-state index contributed by atoms with van der Waals surface area (Å²) < 4.78 is 40.1. The van der Waals surface area contributed by atoms with Crippen molar-refractivity contribution in [3.63, 3.8) is 0 Å². The third-order valence-electron chi connectivity index (χ3n) is 9.07. The molecule has 0 aromatic carbocycles. The topological polar surface area (TPSA) is 152 Å². The van der Waals surface area contributed by atoms with Gasteiger partial charge in [-0.1, -0.05) is 5.16 Å². The van der Waals surface area contributed by atoms with Crippen LogP contribution < -0.4 is 5.56 Å². The molecule has 4 aliphatic rings. The molecule has 3 aliphatic heterocycles. The summed E-state index contributed by atoms with van der Waals surface area (Å²) >= 11 is 0. The molecule has 1 saturated carbocycles. The van der Waals surface area contributed by atoms with Crippen LogP contribution in [0.5, 0.6) is 0 Å². The Morgan fingerprint density at radius 2 is 1.90 bits per heavy atom. The summed E-state index contributed by atoms with van der Waals surface area (Å²) in [5.41, 5.74) is -0.0102. The number of H-pyrrole nitrogens is 1. The molecule has 1 spiro atoms. The predicted molar refractivity (Wildman–Crippen MR) is 139 cm³/mol. The smallest absolute Gasteiger partial charge is 0.274 e. The van der Waals surface area contributed by atoms with E-state index in [1.807, 2.05) is 19.2 Å². The maximum atomic E-state index is 13.6. The molecule has 42 heavy (non-hydrogen) atoms. The molecular weight excluding hydrogens is 554 g/mol. The van der Waals surface area contributed by atoms with E-state index in [-0.39, 0.29) is 37.9 Å². The molecule has 0 bridgehead atoms. The lowest BCUT2D eigenvalue weighted by atomic mass is 9.71. The maximum absolute atomic E-state index is 13.6. The minimum atomic E-state index is -2.96. The van der Waals surface area contributed by atoms with E-state index >= 15 is 0 Å². The van der Waals surface area contributed by atoms with Crippen molar-refractivity contribution in [2.75, 3.05) is 39.4 Å². The van der Waals surface area contributed by atoms with Crippen molar-refractivity contribution in [1.29, 1.82) is 0 Å². The van der Waals surface area contributed by atoms with Crippen LogP contribution in [0.25, 0.3) is 0 Å². The van der Waals surface area contributed by atoms with Gasteiger partial charge >= 0.3 is 0 Å². The summed E-state index contributed by atoms with van der Waals surface area (Å²) in [6.45, 7) is 4.18. The Balaban J connectivity index is 1.12. The Hall–Kier alpha value is -4.01. The fourth-order valence-corrected chi connectivity index (χ4v) is 6.44. The summed E-state index contributed by atoms with van der Waals surface area (Å²) in [4.78, 5) is 51.5. The first-order valence-corrected chi connectivity index (χ1v) is 14.1. The van der Waals surface area contributed by atoms with Crippen LogP contribution in [-0.2, 0) is 9.53 Å². The number of rotatable bonds is 6. The van der Waals surface area contributed by atoms with Gasteiger partial charge in [0.15, 0.2) is 5.82 Å². The second-order valence-electron chi connectivity index (χ2n) is 11.9. The molecule has 3 atom stereocenters. The third-order valence-corrected chi connectivity index (χ3v) is 9.07. The predicted octanol–water partition coefficient (Wildman–Crippen LogP) is 1.58. The van der Waals surface area contributed by atoms with Crippen LogP contribution in [-0.4, -0.2) is 96.8 Å². The summed E-state index contributed by atoms with van der Waals surface area (Å²) in [6, 6.07) is 1.64. The van der Waals surface area contributed by atoms with Crippen LogP contribution in [0, 0.1) is 11.3 Å². The van der Waals surface area contributed by atoms with E-state index in [4.69, 9.17) is 19.3 Å². The first-order valence-electron chi connectivity index (χ1n) is 14.1. The van der Waals surface area contributed by atoms with Crippen molar-refractivity contribution < 1.29 is 27.6 Å². The zero-order chi connectivity index (χ0) is 29.2. The number of alkyl halides is 2. The summed E-state index contributed by atoms with van der Waals surface area (Å²) in [6.07, 6.45) is 5.58. The van der Waals surface area contributed by atoms with Crippen LogP contribution in [0.4, 0.5) is 8.78 Å². The van der Waals surface area contributed by atoms with Crippen LogP contribution in [0.3, 0.4) is 0 Å². The Morgan fingerprint density at radius 3 is 2.60 bits per heavy atom. The number of carbonyl (C=O) groups excluding carboxylic acids is 2. The van der Waals surface area contributed by atoms with Gasteiger partial charge in [-0.25, -0.2) is 13.8 Å². The van der Waals surface area contributed by atoms with Gasteiger partial charge in [0.2, 0.25) is 5.91 Å². The van der Waals surface area contributed by atoms with Crippen LogP contribution >= 0.6 is 0 Å². The van der Waals surface area contributed by atoms with Crippen molar-refractivity contribution >= 4 is 11.8 Å². The Morgan fingerprint density at radius 1 is 1.17 bits per heavy atom. The van der Waals surface area contributed by atoms with Gasteiger partial charge in [0.25, 0.3) is 23.3 Å². The van der Waals surface area contributed by atoms with E-state index in [0.717, 1.165) is 24.7 Å². The van der Waals surface area contributed by atoms with Gasteiger partial charge in [0.05, 0.1) is 17.8 Å². The zero-order valence-electron chi connectivity index (χ0n) is 22.9. The van der Waals surface area contributed by atoms with Gasteiger partial charge < -0.3 is 24.0 Å². The molecule has 222 valence electrons. The molecule has 6 heterocycles. The molecule has 1 aliphatic carbocycles. The van der Waals surface area contributed by atoms with E-state index in [2.05, 4.69) is 15.1 Å². The fraction of sp³-hybridized carbons (Fsp3) is 0.593. The van der Waals surface area contributed by atoms with Gasteiger partial charge in [-0.05, 0) is 25.8 Å². The highest BCUT2D eigenvalue weighted by Gasteiger charge is 2.66. The first kappa shape index (κ1) is 26.9. The lowest BCUT2D eigenvalue weighted by Crippen LogP contribution is -2.62. The van der Waals surface area contributed by atoms with E-state index in [1.54, 1.807) is 9.58 Å². The highest BCUT2D eigenvalue weighted by molar-refractivity contribution is 5.92. The lowest BCUT2D eigenvalue weighted by Gasteiger charge is -2.50. The van der Waals surface area contributed by atoms with Gasteiger partial charge in [-0.3, -0.25) is 19.1 Å². The Kier molecular flexibility index (Phi) is 6.26. The molecule has 3 saturated heterocycles. The number of aromatic amines is 1. The number of amides is 2. The number of hydrogen-bond acceptors (Lipinski definition) is 9. The van der Waals surface area contributed by atoms with Crippen molar-refractivity contribution in [1.82, 2.24) is 39.7 Å². The molecule has 3 aromatic rings. The minimum absolute atomic E-state index is 0.0664.